The Bertz CT molecular complexity index is 351. The lowest BCUT2D eigenvalue weighted by Crippen LogP contribution is -2.39. The van der Waals surface area contributed by atoms with Crippen molar-refractivity contribution in [1.82, 2.24) is 4.90 Å². The summed E-state index contributed by atoms with van der Waals surface area (Å²) in [6, 6.07) is 0. The maximum Gasteiger partial charge on any atom is 0.410 e. The normalized spacial score (nSPS) is 23.5. The van der Waals surface area contributed by atoms with Crippen molar-refractivity contribution in [3.63, 3.8) is 0 Å². The quantitative estimate of drug-likeness (QED) is 0.835. The van der Waals surface area contributed by atoms with E-state index >= 15 is 0 Å². The summed E-state index contributed by atoms with van der Waals surface area (Å²) in [6.07, 6.45) is 0.599. The Morgan fingerprint density at radius 2 is 2.00 bits per heavy atom. The van der Waals surface area contributed by atoms with E-state index in [2.05, 4.69) is 0 Å². The number of ether oxygens (including phenoxy) is 2. The molecule has 0 aromatic heterocycles. The highest BCUT2D eigenvalue weighted by molar-refractivity contribution is 5.73. The predicted molar refractivity (Wildman–Crippen MR) is 70.6 cm³/mol. The summed E-state index contributed by atoms with van der Waals surface area (Å²) in [6.45, 7) is 8.80. The highest BCUT2D eigenvalue weighted by Crippen LogP contribution is 2.26. The van der Waals surface area contributed by atoms with Crippen LogP contribution in [-0.4, -0.2) is 47.8 Å². The molecule has 1 atom stereocenters. The van der Waals surface area contributed by atoms with Gasteiger partial charge in [-0.25, -0.2) is 4.79 Å². The van der Waals surface area contributed by atoms with E-state index in [0.29, 0.717) is 13.1 Å². The number of nitrogens with two attached hydrogens (primary N) is 1. The van der Waals surface area contributed by atoms with E-state index in [1.165, 1.54) is 0 Å². The van der Waals surface area contributed by atoms with E-state index in [4.69, 9.17) is 15.2 Å². The molecule has 0 aromatic rings. The van der Waals surface area contributed by atoms with Crippen LogP contribution in [0.5, 0.6) is 0 Å². The molecule has 110 valence electrons. The van der Waals surface area contributed by atoms with Gasteiger partial charge >= 0.3 is 6.09 Å². The van der Waals surface area contributed by atoms with Crippen LogP contribution in [0, 0.1) is 0 Å². The molecule has 1 aliphatic rings. The van der Waals surface area contributed by atoms with Gasteiger partial charge in [0.1, 0.15) is 5.60 Å². The summed E-state index contributed by atoms with van der Waals surface area (Å²) < 4.78 is 11.0. The van der Waals surface area contributed by atoms with Crippen LogP contribution >= 0.6 is 0 Å². The zero-order valence-corrected chi connectivity index (χ0v) is 12.2. The largest absolute Gasteiger partial charge is 0.444 e. The molecule has 1 heterocycles. The molecule has 2 amide bonds. The number of likely N-dealkylation sites (tertiary alicyclic amines) is 1. The Morgan fingerprint density at radius 3 is 2.53 bits per heavy atom. The second-order valence-corrected chi connectivity index (χ2v) is 6.17. The average Bonchev–Trinajstić information content (AvgIpc) is 2.58. The van der Waals surface area contributed by atoms with Crippen LogP contribution < -0.4 is 5.73 Å². The van der Waals surface area contributed by atoms with Crippen molar-refractivity contribution >= 4 is 12.0 Å². The fourth-order valence-electron chi connectivity index (χ4n) is 1.93. The lowest BCUT2D eigenvalue weighted by Gasteiger charge is -2.27. The monoisotopic (exact) mass is 272 g/mol. The third-order valence-corrected chi connectivity index (χ3v) is 2.89. The molecule has 0 aromatic carbocycles. The van der Waals surface area contributed by atoms with Gasteiger partial charge in [-0.15, -0.1) is 0 Å². The molecule has 19 heavy (non-hydrogen) atoms. The van der Waals surface area contributed by atoms with Crippen LogP contribution in [0.15, 0.2) is 0 Å². The van der Waals surface area contributed by atoms with Gasteiger partial charge in [-0.05, 0) is 34.1 Å². The molecule has 0 spiro atoms. The van der Waals surface area contributed by atoms with Crippen molar-refractivity contribution in [1.29, 1.82) is 0 Å². The van der Waals surface area contributed by atoms with Gasteiger partial charge in [0.25, 0.3) is 0 Å². The number of primary amides is 1. The maximum atomic E-state index is 11.9. The summed E-state index contributed by atoms with van der Waals surface area (Å²) in [4.78, 5) is 24.2. The molecular formula is C13H24N2O4. The second kappa shape index (κ2) is 5.77. The first-order chi connectivity index (χ1) is 8.61. The number of nitrogens with zero attached hydrogens (tertiary/aromatic N) is 1. The van der Waals surface area contributed by atoms with E-state index in [0.717, 1.165) is 6.42 Å². The van der Waals surface area contributed by atoms with Crippen molar-refractivity contribution in [2.75, 3.05) is 19.7 Å². The fourth-order valence-corrected chi connectivity index (χ4v) is 1.93. The van der Waals surface area contributed by atoms with Crippen molar-refractivity contribution < 1.29 is 19.1 Å². The summed E-state index contributed by atoms with van der Waals surface area (Å²) in [5.41, 5.74) is 4.14. The number of hydrogen-bond donors (Lipinski definition) is 1. The highest BCUT2D eigenvalue weighted by atomic mass is 16.6. The Labute approximate surface area is 114 Å². The van der Waals surface area contributed by atoms with Gasteiger partial charge in [0.2, 0.25) is 5.91 Å². The summed E-state index contributed by atoms with van der Waals surface area (Å²) in [7, 11) is 0. The molecule has 6 nitrogen and oxygen atoms in total. The predicted octanol–water partition coefficient (Wildman–Crippen LogP) is 1.28. The standard InChI is InChI=1S/C13H24N2O4/c1-12(2,3)19-11(17)15-7-6-13(4,9-15)18-8-5-10(14)16/h5-9H2,1-4H3,(H2,14,16). The van der Waals surface area contributed by atoms with Gasteiger partial charge in [-0.1, -0.05) is 0 Å². The van der Waals surface area contributed by atoms with Crippen LogP contribution in [0.4, 0.5) is 4.79 Å². The van der Waals surface area contributed by atoms with Crippen LogP contribution in [-0.2, 0) is 14.3 Å². The molecule has 0 saturated carbocycles. The van der Waals surface area contributed by atoms with Gasteiger partial charge in [0.15, 0.2) is 0 Å². The number of hydrogen-bond acceptors (Lipinski definition) is 4. The minimum atomic E-state index is -0.497. The van der Waals surface area contributed by atoms with Gasteiger partial charge in [0.05, 0.1) is 18.8 Å². The SMILES string of the molecule is CC(C)(C)OC(=O)N1CCC(C)(OCCC(N)=O)C1. The molecule has 1 aliphatic heterocycles. The Balaban J connectivity index is 2.43. The van der Waals surface area contributed by atoms with Crippen molar-refractivity contribution in [2.24, 2.45) is 5.73 Å². The third kappa shape index (κ3) is 5.46. The molecule has 0 aliphatic carbocycles. The Hall–Kier alpha value is -1.30. The van der Waals surface area contributed by atoms with Crippen LogP contribution in [0.1, 0.15) is 40.5 Å². The van der Waals surface area contributed by atoms with Crippen molar-refractivity contribution in [3.8, 4) is 0 Å². The van der Waals surface area contributed by atoms with Crippen LogP contribution in [0.25, 0.3) is 0 Å². The van der Waals surface area contributed by atoms with Crippen molar-refractivity contribution in [2.45, 2.75) is 51.7 Å². The first kappa shape index (κ1) is 15.8. The van der Waals surface area contributed by atoms with E-state index in [1.54, 1.807) is 4.90 Å². The first-order valence-corrected chi connectivity index (χ1v) is 6.51. The number of amides is 2. The van der Waals surface area contributed by atoms with Crippen LogP contribution in [0.3, 0.4) is 0 Å². The summed E-state index contributed by atoms with van der Waals surface area (Å²) in [5, 5.41) is 0. The topological polar surface area (TPSA) is 81.9 Å². The molecule has 0 bridgehead atoms. The van der Waals surface area contributed by atoms with E-state index < -0.39 is 11.2 Å². The average molecular weight is 272 g/mol. The molecular weight excluding hydrogens is 248 g/mol. The lowest BCUT2D eigenvalue weighted by atomic mass is 10.1. The first-order valence-electron chi connectivity index (χ1n) is 6.51. The second-order valence-electron chi connectivity index (χ2n) is 6.17. The maximum absolute atomic E-state index is 11.9. The highest BCUT2D eigenvalue weighted by Gasteiger charge is 2.38. The fraction of sp³-hybridized carbons (Fsp3) is 0.846. The molecule has 0 radical (unpaired) electrons. The van der Waals surface area contributed by atoms with Gasteiger partial charge in [-0.2, -0.15) is 0 Å². The van der Waals surface area contributed by atoms with Gasteiger partial charge in [0, 0.05) is 13.0 Å². The zero-order valence-electron chi connectivity index (χ0n) is 12.2. The van der Waals surface area contributed by atoms with Crippen molar-refractivity contribution in [3.05, 3.63) is 0 Å². The Morgan fingerprint density at radius 1 is 1.37 bits per heavy atom. The smallest absolute Gasteiger partial charge is 0.410 e. The molecule has 1 saturated heterocycles. The zero-order chi connectivity index (χ0) is 14.7. The van der Waals surface area contributed by atoms with E-state index in [-0.39, 0.29) is 25.0 Å². The van der Waals surface area contributed by atoms with E-state index in [9.17, 15) is 9.59 Å². The molecule has 1 fully saturated rings. The molecule has 2 N–H and O–H groups in total. The lowest BCUT2D eigenvalue weighted by molar-refractivity contribution is -0.120. The van der Waals surface area contributed by atoms with Gasteiger partial charge < -0.3 is 20.1 Å². The van der Waals surface area contributed by atoms with E-state index in [1.807, 2.05) is 27.7 Å². The minimum Gasteiger partial charge on any atom is -0.444 e. The van der Waals surface area contributed by atoms with Gasteiger partial charge in [-0.3, -0.25) is 4.79 Å². The third-order valence-electron chi connectivity index (χ3n) is 2.89. The van der Waals surface area contributed by atoms with Crippen LogP contribution in [0.2, 0.25) is 0 Å². The number of carbonyl (C=O) groups is 2. The number of carbonyl (C=O) groups excluding carboxylic acids is 2. The minimum absolute atomic E-state index is 0.196. The molecule has 1 unspecified atom stereocenters. The molecule has 6 heteroatoms. The summed E-state index contributed by atoms with van der Waals surface area (Å²) >= 11 is 0. The molecule has 1 rings (SSSR count). The Kier molecular flexibility index (Phi) is 4.79. The summed E-state index contributed by atoms with van der Waals surface area (Å²) in [5.74, 6) is -0.384. The number of rotatable bonds is 4.